The molecule has 1 saturated heterocycles. The highest BCUT2D eigenvalue weighted by molar-refractivity contribution is 7.89. The molecule has 0 N–H and O–H groups in total. The maximum Gasteiger partial charge on any atom is 0.246 e. The van der Waals surface area contributed by atoms with Crippen LogP contribution in [0.15, 0.2) is 71.6 Å². The van der Waals surface area contributed by atoms with E-state index in [-0.39, 0.29) is 4.90 Å². The first-order valence-corrected chi connectivity index (χ1v) is 13.0. The third kappa shape index (κ3) is 4.47. The lowest BCUT2D eigenvalue weighted by Gasteiger charge is -2.34. The maximum absolute atomic E-state index is 13.4. The molecule has 1 aliphatic rings. The van der Waals surface area contributed by atoms with Gasteiger partial charge in [-0.15, -0.1) is 10.2 Å². The molecule has 0 aliphatic carbocycles. The number of nitrogens with zero attached hydrogens (tertiary/aromatic N) is 4. The van der Waals surface area contributed by atoms with E-state index in [1.165, 1.54) is 16.8 Å². The molecule has 4 aromatic rings. The van der Waals surface area contributed by atoms with Crippen LogP contribution in [0.1, 0.15) is 11.1 Å². The molecule has 7 nitrogen and oxygen atoms in total. The molecule has 35 heavy (non-hydrogen) atoms. The van der Waals surface area contributed by atoms with Crippen molar-refractivity contribution in [1.29, 1.82) is 0 Å². The number of methoxy groups -OCH3 is 1. The summed E-state index contributed by atoms with van der Waals surface area (Å²) >= 11 is 0. The minimum atomic E-state index is -3.66. The standard InChI is InChI=1S/C27H28N4O3S/c1-19-16-25(34-3)26(17-20(19)2)35(32,33)31-14-12-30(13-15-31)27-11-10-24(28-29-27)23-9-8-21-6-4-5-7-22(21)18-23/h4-11,16-18H,12-15H2,1-3H3. The Morgan fingerprint density at radius 3 is 2.20 bits per heavy atom. The molecule has 2 heterocycles. The van der Waals surface area contributed by atoms with Gasteiger partial charge in [-0.3, -0.25) is 0 Å². The first-order valence-electron chi connectivity index (χ1n) is 11.6. The van der Waals surface area contributed by atoms with Gasteiger partial charge < -0.3 is 9.64 Å². The van der Waals surface area contributed by atoms with Crippen molar-refractivity contribution in [2.75, 3.05) is 38.2 Å². The SMILES string of the molecule is COc1cc(C)c(C)cc1S(=O)(=O)N1CCN(c2ccc(-c3ccc4ccccc4c3)nn2)CC1. The van der Waals surface area contributed by atoms with Crippen molar-refractivity contribution < 1.29 is 13.2 Å². The lowest BCUT2D eigenvalue weighted by Crippen LogP contribution is -2.49. The monoisotopic (exact) mass is 488 g/mol. The molecule has 1 aromatic heterocycles. The fourth-order valence-electron chi connectivity index (χ4n) is 4.42. The Balaban J connectivity index is 1.30. The summed E-state index contributed by atoms with van der Waals surface area (Å²) in [5, 5.41) is 11.2. The number of rotatable bonds is 5. The van der Waals surface area contributed by atoms with E-state index >= 15 is 0 Å². The van der Waals surface area contributed by atoms with Gasteiger partial charge in [-0.1, -0.05) is 36.4 Å². The molecule has 1 fully saturated rings. The first kappa shape index (κ1) is 23.3. The number of benzene rings is 3. The van der Waals surface area contributed by atoms with Gasteiger partial charge in [-0.2, -0.15) is 4.31 Å². The Hall–Kier alpha value is -3.49. The van der Waals surface area contributed by atoms with Crippen molar-refractivity contribution in [1.82, 2.24) is 14.5 Å². The van der Waals surface area contributed by atoms with E-state index in [1.54, 1.807) is 12.1 Å². The number of aromatic nitrogens is 2. The molecule has 0 bridgehead atoms. The summed E-state index contributed by atoms with van der Waals surface area (Å²) in [5.74, 6) is 1.13. The maximum atomic E-state index is 13.4. The van der Waals surface area contributed by atoms with E-state index in [9.17, 15) is 8.42 Å². The van der Waals surface area contributed by atoms with Gasteiger partial charge >= 0.3 is 0 Å². The van der Waals surface area contributed by atoms with Gasteiger partial charge in [0.2, 0.25) is 10.0 Å². The highest BCUT2D eigenvalue weighted by atomic mass is 32.2. The van der Waals surface area contributed by atoms with Crippen LogP contribution in [0.2, 0.25) is 0 Å². The number of sulfonamides is 1. The minimum Gasteiger partial charge on any atom is -0.495 e. The van der Waals surface area contributed by atoms with E-state index in [0.29, 0.717) is 31.9 Å². The summed E-state index contributed by atoms with van der Waals surface area (Å²) in [5.41, 5.74) is 3.74. The van der Waals surface area contributed by atoms with Gasteiger partial charge in [0.15, 0.2) is 5.82 Å². The summed E-state index contributed by atoms with van der Waals surface area (Å²) in [6, 6.07) is 21.9. The number of fused-ring (bicyclic) bond motifs is 1. The predicted molar refractivity (Wildman–Crippen MR) is 138 cm³/mol. The zero-order chi connectivity index (χ0) is 24.6. The number of piperazine rings is 1. The second kappa shape index (κ2) is 9.28. The largest absolute Gasteiger partial charge is 0.495 e. The lowest BCUT2D eigenvalue weighted by molar-refractivity contribution is 0.373. The number of anilines is 1. The minimum absolute atomic E-state index is 0.219. The fourth-order valence-corrected chi connectivity index (χ4v) is 6.06. The molecule has 1 aliphatic heterocycles. The van der Waals surface area contributed by atoms with Gasteiger partial charge in [0.1, 0.15) is 10.6 Å². The van der Waals surface area contributed by atoms with Crippen molar-refractivity contribution in [3.05, 3.63) is 77.9 Å². The van der Waals surface area contributed by atoms with Crippen LogP contribution in [0, 0.1) is 13.8 Å². The molecule has 5 rings (SSSR count). The second-order valence-corrected chi connectivity index (χ2v) is 10.7. The third-order valence-electron chi connectivity index (χ3n) is 6.66. The topological polar surface area (TPSA) is 75.6 Å². The average molecular weight is 489 g/mol. The van der Waals surface area contributed by atoms with E-state index in [1.807, 2.05) is 38.1 Å². The van der Waals surface area contributed by atoms with Gasteiger partial charge in [-0.25, -0.2) is 8.42 Å². The van der Waals surface area contributed by atoms with Crippen LogP contribution >= 0.6 is 0 Å². The van der Waals surface area contributed by atoms with Crippen LogP contribution in [0.4, 0.5) is 5.82 Å². The molecule has 3 aromatic carbocycles. The summed E-state index contributed by atoms with van der Waals surface area (Å²) < 4.78 is 33.6. The van der Waals surface area contributed by atoms with Crippen molar-refractivity contribution in [3.63, 3.8) is 0 Å². The highest BCUT2D eigenvalue weighted by Gasteiger charge is 2.31. The van der Waals surface area contributed by atoms with E-state index in [2.05, 4.69) is 45.4 Å². The molecule has 0 unspecified atom stereocenters. The Kier molecular flexibility index (Phi) is 6.17. The molecular weight excluding hydrogens is 460 g/mol. The van der Waals surface area contributed by atoms with Crippen LogP contribution in [0.3, 0.4) is 0 Å². The number of hydrogen-bond acceptors (Lipinski definition) is 6. The van der Waals surface area contributed by atoms with Gasteiger partial charge in [0.05, 0.1) is 12.8 Å². The zero-order valence-electron chi connectivity index (χ0n) is 20.1. The Labute approximate surface area is 206 Å². The molecule has 0 amide bonds. The quantitative estimate of drug-likeness (QED) is 0.414. The lowest BCUT2D eigenvalue weighted by atomic mass is 10.1. The van der Waals surface area contributed by atoms with E-state index < -0.39 is 10.0 Å². The fraction of sp³-hybridized carbons (Fsp3) is 0.259. The molecule has 0 spiro atoms. The average Bonchev–Trinajstić information content (AvgIpc) is 2.90. The zero-order valence-corrected chi connectivity index (χ0v) is 20.9. The highest BCUT2D eigenvalue weighted by Crippen LogP contribution is 2.31. The molecule has 0 saturated carbocycles. The summed E-state index contributed by atoms with van der Waals surface area (Å²) in [4.78, 5) is 2.29. The summed E-state index contributed by atoms with van der Waals surface area (Å²) in [6.45, 7) is 5.66. The molecule has 0 atom stereocenters. The van der Waals surface area contributed by atoms with Crippen molar-refractivity contribution in [2.24, 2.45) is 0 Å². The predicted octanol–water partition coefficient (Wildman–Crippen LogP) is 4.43. The number of ether oxygens (including phenoxy) is 1. The van der Waals surface area contributed by atoms with Crippen LogP contribution in [0.5, 0.6) is 5.75 Å². The number of hydrogen-bond donors (Lipinski definition) is 0. The van der Waals surface area contributed by atoms with E-state index in [0.717, 1.165) is 33.6 Å². The Morgan fingerprint density at radius 1 is 0.800 bits per heavy atom. The van der Waals surface area contributed by atoms with Crippen molar-refractivity contribution in [2.45, 2.75) is 18.7 Å². The Bertz CT molecular complexity index is 1480. The van der Waals surface area contributed by atoms with Gasteiger partial charge in [-0.05, 0) is 66.1 Å². The number of aryl methyl sites for hydroxylation is 2. The molecule has 8 heteroatoms. The van der Waals surface area contributed by atoms with Crippen molar-refractivity contribution >= 4 is 26.6 Å². The third-order valence-corrected chi connectivity index (χ3v) is 8.58. The van der Waals surface area contributed by atoms with Gasteiger partial charge in [0, 0.05) is 31.7 Å². The molecule has 0 radical (unpaired) electrons. The van der Waals surface area contributed by atoms with Crippen LogP contribution in [-0.4, -0.2) is 56.2 Å². The van der Waals surface area contributed by atoms with Crippen molar-refractivity contribution in [3.8, 4) is 17.0 Å². The van der Waals surface area contributed by atoms with Crippen LogP contribution < -0.4 is 9.64 Å². The van der Waals surface area contributed by atoms with Crippen LogP contribution in [-0.2, 0) is 10.0 Å². The van der Waals surface area contributed by atoms with Crippen LogP contribution in [0.25, 0.3) is 22.0 Å². The summed E-state index contributed by atoms with van der Waals surface area (Å²) in [7, 11) is -2.16. The van der Waals surface area contributed by atoms with E-state index in [4.69, 9.17) is 4.74 Å². The normalized spacial score (nSPS) is 14.9. The molecular formula is C27H28N4O3S. The smallest absolute Gasteiger partial charge is 0.246 e. The van der Waals surface area contributed by atoms with Gasteiger partial charge in [0.25, 0.3) is 0 Å². The Morgan fingerprint density at radius 2 is 1.51 bits per heavy atom. The first-order chi connectivity index (χ1) is 16.9. The molecule has 180 valence electrons. The summed E-state index contributed by atoms with van der Waals surface area (Å²) in [6.07, 6.45) is 0. The second-order valence-electron chi connectivity index (χ2n) is 8.82.